The standard InChI is InChI=1S/C17H22O3/c1-4-5-10-20-17(19)9-7-14-6-8-16(18)15(12-14)11-13(2)3/h6-9,12,18H,2,4-5,10-11H2,1,3H3/b9-7+. The Bertz CT molecular complexity index is 501. The summed E-state index contributed by atoms with van der Waals surface area (Å²) in [4.78, 5) is 11.4. The van der Waals surface area contributed by atoms with Crippen LogP contribution in [0.5, 0.6) is 5.75 Å². The summed E-state index contributed by atoms with van der Waals surface area (Å²) in [5, 5.41) is 9.75. The third-order valence-corrected chi connectivity index (χ3v) is 2.75. The number of benzene rings is 1. The fourth-order valence-corrected chi connectivity index (χ4v) is 1.71. The van der Waals surface area contributed by atoms with E-state index in [1.165, 1.54) is 6.08 Å². The van der Waals surface area contributed by atoms with Gasteiger partial charge >= 0.3 is 5.97 Å². The van der Waals surface area contributed by atoms with Crippen molar-refractivity contribution in [1.29, 1.82) is 0 Å². The van der Waals surface area contributed by atoms with Crippen LogP contribution in [0.4, 0.5) is 0 Å². The molecular weight excluding hydrogens is 252 g/mol. The minimum Gasteiger partial charge on any atom is -0.508 e. The molecule has 0 aliphatic carbocycles. The zero-order valence-corrected chi connectivity index (χ0v) is 12.2. The highest BCUT2D eigenvalue weighted by Crippen LogP contribution is 2.21. The third-order valence-electron chi connectivity index (χ3n) is 2.75. The first kappa shape index (κ1) is 16.0. The molecule has 0 spiro atoms. The summed E-state index contributed by atoms with van der Waals surface area (Å²) in [6, 6.07) is 5.23. The molecule has 0 bridgehead atoms. The molecule has 0 fully saturated rings. The molecule has 1 rings (SSSR count). The minimum atomic E-state index is -0.340. The van der Waals surface area contributed by atoms with Crippen molar-refractivity contribution in [1.82, 2.24) is 0 Å². The lowest BCUT2D eigenvalue weighted by Gasteiger charge is -2.05. The Labute approximate surface area is 120 Å². The van der Waals surface area contributed by atoms with Crippen LogP contribution in [0, 0.1) is 0 Å². The van der Waals surface area contributed by atoms with Crippen LogP contribution in [0.2, 0.25) is 0 Å². The molecule has 1 aromatic carbocycles. The zero-order chi connectivity index (χ0) is 15.0. The lowest BCUT2D eigenvalue weighted by molar-refractivity contribution is -0.137. The van der Waals surface area contributed by atoms with Crippen molar-refractivity contribution < 1.29 is 14.6 Å². The van der Waals surface area contributed by atoms with Crippen LogP contribution in [-0.2, 0) is 16.0 Å². The normalized spacial score (nSPS) is 10.7. The second-order valence-corrected chi connectivity index (χ2v) is 4.88. The quantitative estimate of drug-likeness (QED) is 0.355. The number of carbonyl (C=O) groups excluding carboxylic acids is 1. The number of hydrogen-bond donors (Lipinski definition) is 1. The predicted molar refractivity (Wildman–Crippen MR) is 81.5 cm³/mol. The average Bonchev–Trinajstić information content (AvgIpc) is 2.39. The summed E-state index contributed by atoms with van der Waals surface area (Å²) in [6.45, 7) is 8.24. The molecule has 0 amide bonds. The molecule has 3 heteroatoms. The van der Waals surface area contributed by atoms with Crippen LogP contribution in [0.3, 0.4) is 0 Å². The number of rotatable bonds is 7. The van der Waals surface area contributed by atoms with Gasteiger partial charge in [0.25, 0.3) is 0 Å². The fourth-order valence-electron chi connectivity index (χ4n) is 1.71. The molecule has 3 nitrogen and oxygen atoms in total. The van der Waals surface area contributed by atoms with E-state index >= 15 is 0 Å². The summed E-state index contributed by atoms with van der Waals surface area (Å²) in [5.41, 5.74) is 2.63. The second kappa shape index (κ2) is 8.20. The number of unbranched alkanes of at least 4 members (excludes halogenated alkanes) is 1. The van der Waals surface area contributed by atoms with Crippen molar-refractivity contribution in [2.45, 2.75) is 33.1 Å². The maximum atomic E-state index is 11.4. The average molecular weight is 274 g/mol. The van der Waals surface area contributed by atoms with Crippen molar-refractivity contribution in [3.8, 4) is 5.75 Å². The lowest BCUT2D eigenvalue weighted by Crippen LogP contribution is -2.01. The number of hydrogen-bond acceptors (Lipinski definition) is 3. The maximum absolute atomic E-state index is 11.4. The zero-order valence-electron chi connectivity index (χ0n) is 12.2. The number of esters is 1. The molecule has 0 saturated carbocycles. The van der Waals surface area contributed by atoms with Crippen molar-refractivity contribution in [2.75, 3.05) is 6.61 Å². The van der Waals surface area contributed by atoms with Crippen LogP contribution in [0.15, 0.2) is 36.4 Å². The Hall–Kier alpha value is -2.03. The predicted octanol–water partition coefficient (Wildman–Crippen LogP) is 3.87. The monoisotopic (exact) mass is 274 g/mol. The Balaban J connectivity index is 2.67. The Morgan fingerprint density at radius 1 is 1.45 bits per heavy atom. The molecule has 0 saturated heterocycles. The third kappa shape index (κ3) is 5.74. The summed E-state index contributed by atoms with van der Waals surface area (Å²) in [6.07, 6.45) is 5.59. The largest absolute Gasteiger partial charge is 0.508 e. The number of allylic oxidation sites excluding steroid dienone is 1. The second-order valence-electron chi connectivity index (χ2n) is 4.88. The van der Waals surface area contributed by atoms with Gasteiger partial charge in [-0.1, -0.05) is 31.6 Å². The van der Waals surface area contributed by atoms with Gasteiger partial charge in [-0.25, -0.2) is 4.79 Å². The van der Waals surface area contributed by atoms with E-state index in [1.807, 2.05) is 19.9 Å². The minimum absolute atomic E-state index is 0.246. The first-order valence-electron chi connectivity index (χ1n) is 6.84. The molecule has 0 unspecified atom stereocenters. The van der Waals surface area contributed by atoms with Crippen molar-refractivity contribution >= 4 is 12.0 Å². The number of ether oxygens (including phenoxy) is 1. The SMILES string of the molecule is C=C(C)Cc1cc(/C=C/C(=O)OCCCC)ccc1O. The van der Waals surface area contributed by atoms with Crippen LogP contribution in [-0.4, -0.2) is 17.7 Å². The number of aromatic hydroxyl groups is 1. The number of phenolic OH excluding ortho intramolecular Hbond substituents is 1. The Morgan fingerprint density at radius 3 is 2.85 bits per heavy atom. The van der Waals surface area contributed by atoms with E-state index in [0.717, 1.165) is 29.5 Å². The van der Waals surface area contributed by atoms with E-state index in [1.54, 1.807) is 18.2 Å². The van der Waals surface area contributed by atoms with E-state index in [2.05, 4.69) is 6.58 Å². The Kier molecular flexibility index (Phi) is 6.57. The van der Waals surface area contributed by atoms with Crippen LogP contribution in [0.1, 0.15) is 37.8 Å². The van der Waals surface area contributed by atoms with Crippen LogP contribution < -0.4 is 0 Å². The van der Waals surface area contributed by atoms with E-state index in [9.17, 15) is 9.90 Å². The number of carbonyl (C=O) groups is 1. The van der Waals surface area contributed by atoms with Crippen molar-refractivity contribution in [3.63, 3.8) is 0 Å². The molecule has 1 N–H and O–H groups in total. The van der Waals surface area contributed by atoms with Gasteiger partial charge in [0, 0.05) is 6.08 Å². The van der Waals surface area contributed by atoms with E-state index in [-0.39, 0.29) is 11.7 Å². The Morgan fingerprint density at radius 2 is 2.20 bits per heavy atom. The van der Waals surface area contributed by atoms with Crippen molar-refractivity contribution in [3.05, 3.63) is 47.6 Å². The van der Waals surface area contributed by atoms with Gasteiger partial charge in [0.05, 0.1) is 6.61 Å². The van der Waals surface area contributed by atoms with Crippen molar-refractivity contribution in [2.24, 2.45) is 0 Å². The molecule has 0 atom stereocenters. The topological polar surface area (TPSA) is 46.5 Å². The molecule has 108 valence electrons. The maximum Gasteiger partial charge on any atom is 0.330 e. The van der Waals surface area contributed by atoms with Gasteiger partial charge in [0.1, 0.15) is 5.75 Å². The highest BCUT2D eigenvalue weighted by Gasteiger charge is 2.02. The summed E-state index contributed by atoms with van der Waals surface area (Å²) in [7, 11) is 0. The van der Waals surface area contributed by atoms with Gasteiger partial charge in [0.2, 0.25) is 0 Å². The molecule has 0 aliphatic rings. The van der Waals surface area contributed by atoms with E-state index in [0.29, 0.717) is 13.0 Å². The molecular formula is C17H22O3. The summed E-state index contributed by atoms with van der Waals surface area (Å²) < 4.78 is 5.03. The van der Waals surface area contributed by atoms with Crippen LogP contribution >= 0.6 is 0 Å². The summed E-state index contributed by atoms with van der Waals surface area (Å²) >= 11 is 0. The molecule has 0 aliphatic heterocycles. The van der Waals surface area contributed by atoms with Gasteiger partial charge in [-0.15, -0.1) is 0 Å². The molecule has 20 heavy (non-hydrogen) atoms. The summed E-state index contributed by atoms with van der Waals surface area (Å²) in [5.74, 6) is -0.0938. The van der Waals surface area contributed by atoms with E-state index in [4.69, 9.17) is 4.74 Å². The van der Waals surface area contributed by atoms with Crippen LogP contribution in [0.25, 0.3) is 6.08 Å². The highest BCUT2D eigenvalue weighted by atomic mass is 16.5. The molecule has 0 radical (unpaired) electrons. The van der Waals surface area contributed by atoms with Gasteiger partial charge in [0.15, 0.2) is 0 Å². The van der Waals surface area contributed by atoms with Gasteiger partial charge in [-0.2, -0.15) is 0 Å². The first-order valence-corrected chi connectivity index (χ1v) is 6.84. The lowest BCUT2D eigenvalue weighted by atomic mass is 10.0. The molecule has 0 heterocycles. The van der Waals surface area contributed by atoms with Gasteiger partial charge in [-0.05, 0) is 49.1 Å². The van der Waals surface area contributed by atoms with Gasteiger partial charge < -0.3 is 9.84 Å². The molecule has 0 aromatic heterocycles. The molecule has 1 aromatic rings. The first-order chi connectivity index (χ1) is 9.52. The fraction of sp³-hybridized carbons (Fsp3) is 0.353. The van der Waals surface area contributed by atoms with Gasteiger partial charge in [-0.3, -0.25) is 0 Å². The van der Waals surface area contributed by atoms with E-state index < -0.39 is 0 Å². The smallest absolute Gasteiger partial charge is 0.330 e. The number of phenols is 1. The highest BCUT2D eigenvalue weighted by molar-refractivity contribution is 5.87.